The number of hydrogen-bond donors (Lipinski definition) is 0. The van der Waals surface area contributed by atoms with E-state index < -0.39 is 12.3 Å². The van der Waals surface area contributed by atoms with Gasteiger partial charge in [-0.25, -0.2) is 4.79 Å². The summed E-state index contributed by atoms with van der Waals surface area (Å²) in [6, 6.07) is 6.89. The van der Waals surface area contributed by atoms with Crippen molar-refractivity contribution in [3.05, 3.63) is 35.4 Å². The first-order valence-corrected chi connectivity index (χ1v) is 5.10. The molecule has 1 atom stereocenters. The van der Waals surface area contributed by atoms with E-state index in [1.807, 2.05) is 0 Å². The van der Waals surface area contributed by atoms with E-state index in [-0.39, 0.29) is 11.9 Å². The Labute approximate surface area is 93.2 Å². The van der Waals surface area contributed by atoms with Gasteiger partial charge in [0.15, 0.2) is 0 Å². The van der Waals surface area contributed by atoms with Gasteiger partial charge in [0.05, 0.1) is 11.5 Å². The maximum absolute atomic E-state index is 11.4. The van der Waals surface area contributed by atoms with Crippen molar-refractivity contribution >= 4 is 11.9 Å². The zero-order valence-corrected chi connectivity index (χ0v) is 9.10. The lowest BCUT2D eigenvalue weighted by Gasteiger charge is -2.13. The number of rotatable bonds is 2. The van der Waals surface area contributed by atoms with Crippen molar-refractivity contribution in [3.63, 3.8) is 0 Å². The second kappa shape index (κ2) is 3.96. The number of benzene rings is 1. The Morgan fingerprint density at radius 2 is 2.06 bits per heavy atom. The van der Waals surface area contributed by atoms with Gasteiger partial charge in [-0.05, 0) is 6.07 Å². The quantitative estimate of drug-likeness (QED) is 0.716. The van der Waals surface area contributed by atoms with E-state index in [1.165, 1.54) is 0 Å². The Kier molecular flexibility index (Phi) is 2.64. The zero-order valence-electron chi connectivity index (χ0n) is 9.10. The van der Waals surface area contributed by atoms with Gasteiger partial charge in [-0.3, -0.25) is 4.79 Å². The first-order valence-electron chi connectivity index (χ1n) is 5.10. The molecule has 1 aromatic rings. The van der Waals surface area contributed by atoms with Crippen LogP contribution in [0.5, 0.6) is 0 Å². The summed E-state index contributed by atoms with van der Waals surface area (Å²) in [5.74, 6) is -1.07. The Morgan fingerprint density at radius 3 is 2.75 bits per heavy atom. The minimum Gasteiger partial charge on any atom is -0.420 e. The molecule has 1 aliphatic heterocycles. The molecule has 0 saturated heterocycles. The highest BCUT2D eigenvalue weighted by molar-refractivity contribution is 5.94. The van der Waals surface area contributed by atoms with Gasteiger partial charge >= 0.3 is 11.9 Å². The van der Waals surface area contributed by atoms with E-state index >= 15 is 0 Å². The lowest BCUT2D eigenvalue weighted by atomic mass is 10.1. The molecule has 0 fully saturated rings. The molecule has 0 N–H and O–H groups in total. The molecule has 1 aromatic carbocycles. The standard InChI is InChI=1S/C12H12O4/c1-7(2)10(13)15-12-9-6-4-3-5-8(9)11(14)16-12/h3-7,12H,1-2H3/t12-/m0/s1. The molecular weight excluding hydrogens is 208 g/mol. The van der Waals surface area contributed by atoms with Crippen molar-refractivity contribution in [3.8, 4) is 0 Å². The summed E-state index contributed by atoms with van der Waals surface area (Å²) in [4.78, 5) is 22.8. The second-order valence-corrected chi connectivity index (χ2v) is 3.92. The molecule has 4 heteroatoms. The SMILES string of the molecule is CC(C)C(=O)O[C@H]1OC(=O)c2ccccc21. The summed E-state index contributed by atoms with van der Waals surface area (Å²) in [7, 11) is 0. The van der Waals surface area contributed by atoms with Crippen molar-refractivity contribution in [2.75, 3.05) is 0 Å². The smallest absolute Gasteiger partial charge is 0.342 e. The molecule has 0 amide bonds. The number of ether oxygens (including phenoxy) is 2. The van der Waals surface area contributed by atoms with Crippen LogP contribution in [0, 0.1) is 5.92 Å². The van der Waals surface area contributed by atoms with E-state index in [0.717, 1.165) is 0 Å². The number of carbonyl (C=O) groups is 2. The van der Waals surface area contributed by atoms with Gasteiger partial charge in [0.2, 0.25) is 0 Å². The fourth-order valence-corrected chi connectivity index (χ4v) is 1.44. The minimum atomic E-state index is -0.890. The Balaban J connectivity index is 2.21. The first-order chi connectivity index (χ1) is 7.59. The molecule has 0 unspecified atom stereocenters. The first kappa shape index (κ1) is 10.7. The normalized spacial score (nSPS) is 18.2. The van der Waals surface area contributed by atoms with E-state index in [4.69, 9.17) is 9.47 Å². The van der Waals surface area contributed by atoms with Gasteiger partial charge in [-0.15, -0.1) is 0 Å². The molecule has 1 aliphatic rings. The second-order valence-electron chi connectivity index (χ2n) is 3.92. The average Bonchev–Trinajstić information content (AvgIpc) is 2.57. The molecule has 0 bridgehead atoms. The van der Waals surface area contributed by atoms with Crippen LogP contribution in [0.1, 0.15) is 36.1 Å². The summed E-state index contributed by atoms with van der Waals surface area (Å²) >= 11 is 0. The molecule has 1 heterocycles. The molecule has 0 aliphatic carbocycles. The summed E-state index contributed by atoms with van der Waals surface area (Å²) in [5.41, 5.74) is 1.07. The third-order valence-corrected chi connectivity index (χ3v) is 2.34. The molecule has 2 rings (SSSR count). The fourth-order valence-electron chi connectivity index (χ4n) is 1.44. The zero-order chi connectivity index (χ0) is 11.7. The molecule has 0 radical (unpaired) electrons. The number of hydrogen-bond acceptors (Lipinski definition) is 4. The van der Waals surface area contributed by atoms with Gasteiger partial charge < -0.3 is 9.47 Å². The van der Waals surface area contributed by atoms with Crippen LogP contribution in [0.15, 0.2) is 24.3 Å². The van der Waals surface area contributed by atoms with Gasteiger partial charge in [-0.1, -0.05) is 32.0 Å². The fraction of sp³-hybridized carbons (Fsp3) is 0.333. The molecule has 0 aromatic heterocycles. The third-order valence-electron chi connectivity index (χ3n) is 2.34. The van der Waals surface area contributed by atoms with Crippen molar-refractivity contribution in [1.29, 1.82) is 0 Å². The van der Waals surface area contributed by atoms with Crippen LogP contribution < -0.4 is 0 Å². The van der Waals surface area contributed by atoms with E-state index in [2.05, 4.69) is 0 Å². The van der Waals surface area contributed by atoms with Crippen molar-refractivity contribution in [1.82, 2.24) is 0 Å². The van der Waals surface area contributed by atoms with Crippen LogP contribution in [0.3, 0.4) is 0 Å². The molecule has 84 valence electrons. The van der Waals surface area contributed by atoms with Crippen LogP contribution in [0.2, 0.25) is 0 Å². The summed E-state index contributed by atoms with van der Waals surface area (Å²) < 4.78 is 10.1. The highest BCUT2D eigenvalue weighted by atomic mass is 16.7. The summed E-state index contributed by atoms with van der Waals surface area (Å²) in [6.45, 7) is 3.45. The third kappa shape index (κ3) is 1.78. The predicted molar refractivity (Wildman–Crippen MR) is 55.5 cm³/mol. The van der Waals surface area contributed by atoms with Crippen LogP contribution >= 0.6 is 0 Å². The number of esters is 2. The maximum atomic E-state index is 11.4. The van der Waals surface area contributed by atoms with E-state index in [1.54, 1.807) is 38.1 Å². The van der Waals surface area contributed by atoms with Gasteiger partial charge in [-0.2, -0.15) is 0 Å². The van der Waals surface area contributed by atoms with E-state index in [0.29, 0.717) is 11.1 Å². The molecule has 4 nitrogen and oxygen atoms in total. The van der Waals surface area contributed by atoms with Crippen LogP contribution in [0.4, 0.5) is 0 Å². The highest BCUT2D eigenvalue weighted by Crippen LogP contribution is 2.31. The average molecular weight is 220 g/mol. The van der Waals surface area contributed by atoms with Crippen LogP contribution in [-0.2, 0) is 14.3 Å². The molecule has 0 spiro atoms. The molecule has 16 heavy (non-hydrogen) atoms. The lowest BCUT2D eigenvalue weighted by Crippen LogP contribution is -2.16. The monoisotopic (exact) mass is 220 g/mol. The van der Waals surface area contributed by atoms with Crippen molar-refractivity contribution in [2.45, 2.75) is 20.1 Å². The van der Waals surface area contributed by atoms with Gasteiger partial charge in [0.25, 0.3) is 6.29 Å². The topological polar surface area (TPSA) is 52.6 Å². The predicted octanol–water partition coefficient (Wildman–Crippen LogP) is 2.05. The van der Waals surface area contributed by atoms with E-state index in [9.17, 15) is 9.59 Å². The number of cyclic esters (lactones) is 1. The minimum absolute atomic E-state index is 0.244. The highest BCUT2D eigenvalue weighted by Gasteiger charge is 2.33. The molecular formula is C12H12O4. The van der Waals surface area contributed by atoms with Gasteiger partial charge in [0.1, 0.15) is 0 Å². The molecule has 0 saturated carbocycles. The number of carbonyl (C=O) groups excluding carboxylic acids is 2. The number of fused-ring (bicyclic) bond motifs is 1. The Morgan fingerprint density at radius 1 is 1.38 bits per heavy atom. The summed E-state index contributed by atoms with van der Waals surface area (Å²) in [6.07, 6.45) is -0.890. The van der Waals surface area contributed by atoms with Crippen LogP contribution in [-0.4, -0.2) is 11.9 Å². The van der Waals surface area contributed by atoms with Gasteiger partial charge in [0, 0.05) is 5.56 Å². The van der Waals surface area contributed by atoms with Crippen molar-refractivity contribution in [2.24, 2.45) is 5.92 Å². The Hall–Kier alpha value is -1.84. The Bertz CT molecular complexity index is 436. The van der Waals surface area contributed by atoms with Crippen LogP contribution in [0.25, 0.3) is 0 Å². The lowest BCUT2D eigenvalue weighted by molar-refractivity contribution is -0.171. The largest absolute Gasteiger partial charge is 0.420 e. The summed E-state index contributed by atoms with van der Waals surface area (Å²) in [5, 5.41) is 0. The maximum Gasteiger partial charge on any atom is 0.342 e. The van der Waals surface area contributed by atoms with Crippen molar-refractivity contribution < 1.29 is 19.1 Å².